The summed E-state index contributed by atoms with van der Waals surface area (Å²) < 4.78 is 47.9. The van der Waals surface area contributed by atoms with Gasteiger partial charge in [0.25, 0.3) is 0 Å². The zero-order chi connectivity index (χ0) is 23.9. The fraction of sp³-hybridized carbons (Fsp3) is 0. The summed E-state index contributed by atoms with van der Waals surface area (Å²) in [6.07, 6.45) is 0. The van der Waals surface area contributed by atoms with Crippen LogP contribution in [0.3, 0.4) is 0 Å². The molecule has 0 bridgehead atoms. The largest absolute Gasteiger partial charge is 4.00 e. The van der Waals surface area contributed by atoms with Crippen molar-refractivity contribution in [1.82, 2.24) is 0 Å². The van der Waals surface area contributed by atoms with Gasteiger partial charge in [-0.2, -0.15) is 0 Å². The minimum atomic E-state index is -0.475. The first-order chi connectivity index (χ1) is 15.2. The van der Waals surface area contributed by atoms with E-state index in [0.717, 1.165) is 24.3 Å². The molecule has 0 aliphatic heterocycles. The number of benzene rings is 4. The van der Waals surface area contributed by atoms with Crippen LogP contribution in [-0.4, -0.2) is 0 Å². The van der Waals surface area contributed by atoms with Gasteiger partial charge in [0.05, 0.1) is 0 Å². The normalized spacial score (nSPS) is 8.85. The van der Waals surface area contributed by atoms with Crippen LogP contribution in [0.15, 0.2) is 97.1 Å². The summed E-state index contributed by atoms with van der Waals surface area (Å²) in [5, 5.41) is 41.0. The van der Waals surface area contributed by atoms with Crippen LogP contribution in [-0.2, 0) is 25.8 Å². The third-order valence-electron chi connectivity index (χ3n) is 3.18. The number of halogens is 4. The standard InChI is InChI=1S/4C6H5FO.Hf/c4*7-5-2-1-3-6(8)4-5;/h4*1-4,8H;/q;;;;+4/p-4. The van der Waals surface area contributed by atoms with E-state index in [4.69, 9.17) is 0 Å². The maximum atomic E-state index is 12.0. The number of hydrogen-bond acceptors (Lipinski definition) is 4. The van der Waals surface area contributed by atoms with Crippen molar-refractivity contribution in [2.24, 2.45) is 0 Å². The van der Waals surface area contributed by atoms with Gasteiger partial charge in [-0.1, -0.05) is 48.5 Å². The van der Waals surface area contributed by atoms with Crippen molar-refractivity contribution in [2.45, 2.75) is 0 Å². The second-order valence-electron chi connectivity index (χ2n) is 5.83. The Labute approximate surface area is 206 Å². The quantitative estimate of drug-likeness (QED) is 0.221. The molecule has 0 N–H and O–H groups in total. The Hall–Kier alpha value is -3.33. The Kier molecular flexibility index (Phi) is 14.7. The van der Waals surface area contributed by atoms with Gasteiger partial charge in [0.15, 0.2) is 0 Å². The first-order valence-electron chi connectivity index (χ1n) is 8.86. The molecule has 0 spiro atoms. The van der Waals surface area contributed by atoms with Crippen molar-refractivity contribution in [3.05, 3.63) is 120 Å². The molecular weight excluding hydrogens is 607 g/mol. The molecule has 0 saturated heterocycles. The minimum Gasteiger partial charge on any atom is -0.872 e. The van der Waals surface area contributed by atoms with Crippen LogP contribution in [0.25, 0.3) is 0 Å². The number of hydrogen-bond donors (Lipinski definition) is 0. The van der Waals surface area contributed by atoms with Crippen molar-refractivity contribution >= 4 is 0 Å². The second-order valence-corrected chi connectivity index (χ2v) is 5.83. The third kappa shape index (κ3) is 15.2. The molecule has 0 aromatic heterocycles. The summed E-state index contributed by atoms with van der Waals surface area (Å²) in [5.41, 5.74) is 0. The molecule has 33 heavy (non-hydrogen) atoms. The smallest absolute Gasteiger partial charge is 0.872 e. The second kappa shape index (κ2) is 16.3. The molecule has 168 valence electrons. The maximum absolute atomic E-state index is 12.0. The molecule has 0 unspecified atom stereocenters. The molecule has 0 amide bonds. The Morgan fingerprint density at radius 1 is 0.364 bits per heavy atom. The molecular formula is C24H16F4HfO4. The van der Waals surface area contributed by atoms with Gasteiger partial charge in [-0.05, 0) is 48.5 Å². The van der Waals surface area contributed by atoms with Crippen LogP contribution >= 0.6 is 0 Å². The molecule has 0 aliphatic carbocycles. The van der Waals surface area contributed by atoms with E-state index < -0.39 is 23.3 Å². The van der Waals surface area contributed by atoms with Crippen LogP contribution < -0.4 is 20.4 Å². The van der Waals surface area contributed by atoms with Gasteiger partial charge in [0, 0.05) is 0 Å². The van der Waals surface area contributed by atoms with Gasteiger partial charge >= 0.3 is 25.8 Å². The van der Waals surface area contributed by atoms with Gasteiger partial charge in [-0.15, -0.1) is 23.0 Å². The molecule has 4 aromatic carbocycles. The molecule has 9 heteroatoms. The molecule has 0 radical (unpaired) electrons. The Bertz CT molecular complexity index is 854. The van der Waals surface area contributed by atoms with Gasteiger partial charge < -0.3 is 20.4 Å². The topological polar surface area (TPSA) is 92.2 Å². The summed E-state index contributed by atoms with van der Waals surface area (Å²) in [6, 6.07) is 19.5. The van der Waals surface area contributed by atoms with Gasteiger partial charge in [0.1, 0.15) is 23.3 Å². The van der Waals surface area contributed by atoms with Crippen LogP contribution in [0, 0.1) is 23.3 Å². The summed E-state index contributed by atoms with van der Waals surface area (Å²) in [6.45, 7) is 0. The summed E-state index contributed by atoms with van der Waals surface area (Å²) in [7, 11) is 0. The predicted molar refractivity (Wildman–Crippen MR) is 103 cm³/mol. The van der Waals surface area contributed by atoms with Crippen molar-refractivity contribution in [3.63, 3.8) is 0 Å². The Morgan fingerprint density at radius 2 is 0.545 bits per heavy atom. The monoisotopic (exact) mass is 624 g/mol. The van der Waals surface area contributed by atoms with E-state index in [1.54, 1.807) is 0 Å². The van der Waals surface area contributed by atoms with Crippen LogP contribution in [0.1, 0.15) is 0 Å². The third-order valence-corrected chi connectivity index (χ3v) is 3.18. The molecule has 0 aliphatic rings. The average molecular weight is 623 g/mol. The molecule has 0 heterocycles. The zero-order valence-corrected chi connectivity index (χ0v) is 20.5. The van der Waals surface area contributed by atoms with Crippen molar-refractivity contribution in [2.75, 3.05) is 0 Å². The molecule has 0 saturated carbocycles. The van der Waals surface area contributed by atoms with Crippen LogP contribution in [0.4, 0.5) is 17.6 Å². The first-order valence-corrected chi connectivity index (χ1v) is 8.86. The van der Waals surface area contributed by atoms with Gasteiger partial charge in [-0.25, -0.2) is 17.6 Å². The van der Waals surface area contributed by atoms with E-state index >= 15 is 0 Å². The fourth-order valence-corrected chi connectivity index (χ4v) is 1.87. The van der Waals surface area contributed by atoms with E-state index in [-0.39, 0.29) is 48.8 Å². The SMILES string of the molecule is [Hf+4].[O-]c1cccc(F)c1.[O-]c1cccc(F)c1.[O-]c1cccc(F)c1.[O-]c1cccc(F)c1. The van der Waals surface area contributed by atoms with Crippen LogP contribution in [0.5, 0.6) is 23.0 Å². The van der Waals surface area contributed by atoms with E-state index in [0.29, 0.717) is 0 Å². The Balaban J connectivity index is 0.000000410. The molecule has 0 fully saturated rings. The summed E-state index contributed by atoms with van der Waals surface area (Å²) in [5.74, 6) is -3.05. The van der Waals surface area contributed by atoms with Crippen LogP contribution in [0.2, 0.25) is 0 Å². The summed E-state index contributed by atoms with van der Waals surface area (Å²) >= 11 is 0. The van der Waals surface area contributed by atoms with E-state index in [9.17, 15) is 38.0 Å². The molecule has 4 nitrogen and oxygen atoms in total. The average Bonchev–Trinajstić information content (AvgIpc) is 2.69. The Morgan fingerprint density at radius 3 is 0.636 bits per heavy atom. The molecule has 4 rings (SSSR count). The van der Waals surface area contributed by atoms with E-state index in [2.05, 4.69) is 0 Å². The summed E-state index contributed by atoms with van der Waals surface area (Å²) in [4.78, 5) is 0. The van der Waals surface area contributed by atoms with E-state index in [1.165, 1.54) is 72.8 Å². The minimum absolute atomic E-state index is 0. The fourth-order valence-electron chi connectivity index (χ4n) is 1.87. The first kappa shape index (κ1) is 29.7. The van der Waals surface area contributed by atoms with Crippen molar-refractivity contribution in [3.8, 4) is 23.0 Å². The molecule has 4 aromatic rings. The zero-order valence-electron chi connectivity index (χ0n) is 16.9. The maximum Gasteiger partial charge on any atom is 4.00 e. The van der Waals surface area contributed by atoms with Gasteiger partial charge in [-0.3, -0.25) is 0 Å². The number of rotatable bonds is 0. The molecule has 0 atom stereocenters. The van der Waals surface area contributed by atoms with Gasteiger partial charge in [0.2, 0.25) is 0 Å². The van der Waals surface area contributed by atoms with E-state index in [1.807, 2.05) is 0 Å². The predicted octanol–water partition coefficient (Wildman–Crippen LogP) is 3.59. The van der Waals surface area contributed by atoms with Crippen molar-refractivity contribution < 1.29 is 63.8 Å². The van der Waals surface area contributed by atoms with Crippen molar-refractivity contribution in [1.29, 1.82) is 0 Å².